The molecule has 20 heavy (non-hydrogen) atoms. The SMILES string of the molecule is COc1ccc(OC(F)F)c(NC(=O)CCCCCl)c1. The number of hydrogen-bond acceptors (Lipinski definition) is 3. The lowest BCUT2D eigenvalue weighted by Crippen LogP contribution is -2.13. The Morgan fingerprint density at radius 1 is 1.40 bits per heavy atom. The molecule has 0 heterocycles. The number of rotatable bonds is 8. The van der Waals surface area contributed by atoms with Gasteiger partial charge in [-0.1, -0.05) is 0 Å². The summed E-state index contributed by atoms with van der Waals surface area (Å²) in [6.07, 6.45) is 1.61. The van der Waals surface area contributed by atoms with E-state index in [2.05, 4.69) is 10.1 Å². The van der Waals surface area contributed by atoms with Crippen LogP contribution in [0.3, 0.4) is 0 Å². The third kappa shape index (κ3) is 5.61. The number of unbranched alkanes of at least 4 members (excludes halogenated alkanes) is 1. The van der Waals surface area contributed by atoms with Crippen molar-refractivity contribution in [3.63, 3.8) is 0 Å². The molecule has 1 amide bonds. The third-order valence-corrected chi connectivity index (χ3v) is 2.73. The molecular weight excluding hydrogens is 292 g/mol. The normalized spacial score (nSPS) is 10.4. The van der Waals surface area contributed by atoms with Crippen LogP contribution in [0.4, 0.5) is 14.5 Å². The molecule has 0 radical (unpaired) electrons. The van der Waals surface area contributed by atoms with Crippen LogP contribution in [0, 0.1) is 0 Å². The Hall–Kier alpha value is -1.56. The lowest BCUT2D eigenvalue weighted by Gasteiger charge is -2.13. The molecule has 0 saturated carbocycles. The number of hydrogen-bond donors (Lipinski definition) is 1. The lowest BCUT2D eigenvalue weighted by atomic mass is 10.2. The zero-order chi connectivity index (χ0) is 15.0. The number of benzene rings is 1. The van der Waals surface area contributed by atoms with Crippen molar-refractivity contribution in [3.8, 4) is 11.5 Å². The Kier molecular flexibility index (Phi) is 7.08. The molecule has 0 aliphatic heterocycles. The van der Waals surface area contributed by atoms with Crippen molar-refractivity contribution in [2.45, 2.75) is 25.9 Å². The number of alkyl halides is 3. The second kappa shape index (κ2) is 8.58. The van der Waals surface area contributed by atoms with Crippen molar-refractivity contribution in [1.82, 2.24) is 0 Å². The fourth-order valence-corrected chi connectivity index (χ4v) is 1.71. The Morgan fingerprint density at radius 2 is 2.15 bits per heavy atom. The van der Waals surface area contributed by atoms with Crippen LogP contribution in [0.1, 0.15) is 19.3 Å². The molecule has 4 nitrogen and oxygen atoms in total. The fourth-order valence-electron chi connectivity index (χ4n) is 1.53. The van der Waals surface area contributed by atoms with Crippen LogP contribution in [-0.2, 0) is 4.79 Å². The van der Waals surface area contributed by atoms with Gasteiger partial charge in [0.2, 0.25) is 5.91 Å². The predicted octanol–water partition coefficient (Wildman–Crippen LogP) is 3.64. The summed E-state index contributed by atoms with van der Waals surface area (Å²) in [6, 6.07) is 4.22. The summed E-state index contributed by atoms with van der Waals surface area (Å²) in [6.45, 7) is -2.96. The molecule has 0 aliphatic rings. The number of nitrogens with one attached hydrogen (secondary N) is 1. The first-order chi connectivity index (χ1) is 9.56. The molecule has 7 heteroatoms. The van der Waals surface area contributed by atoms with E-state index in [0.29, 0.717) is 24.5 Å². The molecule has 1 N–H and O–H groups in total. The topological polar surface area (TPSA) is 47.6 Å². The van der Waals surface area contributed by atoms with Crippen LogP contribution in [0.15, 0.2) is 18.2 Å². The van der Waals surface area contributed by atoms with Crippen molar-refractivity contribution in [3.05, 3.63) is 18.2 Å². The largest absolute Gasteiger partial charge is 0.497 e. The van der Waals surface area contributed by atoms with Crippen LogP contribution in [0.25, 0.3) is 0 Å². The molecule has 1 aromatic rings. The molecule has 0 unspecified atom stereocenters. The average Bonchev–Trinajstić information content (AvgIpc) is 2.40. The summed E-state index contributed by atoms with van der Waals surface area (Å²) in [7, 11) is 1.44. The van der Waals surface area contributed by atoms with E-state index in [1.54, 1.807) is 0 Å². The van der Waals surface area contributed by atoms with Gasteiger partial charge in [-0.15, -0.1) is 11.6 Å². The zero-order valence-corrected chi connectivity index (χ0v) is 11.8. The predicted molar refractivity (Wildman–Crippen MR) is 72.8 cm³/mol. The molecular formula is C13H16ClF2NO3. The number of halogens is 3. The number of ether oxygens (including phenoxy) is 2. The van der Waals surface area contributed by atoms with E-state index in [1.807, 2.05) is 0 Å². The minimum Gasteiger partial charge on any atom is -0.497 e. The van der Waals surface area contributed by atoms with Gasteiger partial charge in [0, 0.05) is 18.4 Å². The van der Waals surface area contributed by atoms with Gasteiger partial charge in [0.05, 0.1) is 12.8 Å². The highest BCUT2D eigenvalue weighted by molar-refractivity contribution is 6.17. The Morgan fingerprint density at radius 3 is 2.75 bits per heavy atom. The number of carbonyl (C=O) groups is 1. The van der Waals surface area contributed by atoms with Gasteiger partial charge >= 0.3 is 6.61 Å². The molecule has 0 aromatic heterocycles. The molecule has 0 fully saturated rings. The van der Waals surface area contributed by atoms with Crippen molar-refractivity contribution in [2.24, 2.45) is 0 Å². The van der Waals surface area contributed by atoms with Crippen molar-refractivity contribution >= 4 is 23.2 Å². The lowest BCUT2D eigenvalue weighted by molar-refractivity contribution is -0.116. The molecule has 0 aliphatic carbocycles. The molecule has 1 rings (SSSR count). The number of carbonyl (C=O) groups excluding carboxylic acids is 1. The van der Waals surface area contributed by atoms with Crippen molar-refractivity contribution in [2.75, 3.05) is 18.3 Å². The molecule has 112 valence electrons. The van der Waals surface area contributed by atoms with Gasteiger partial charge in [-0.25, -0.2) is 0 Å². The van der Waals surface area contributed by atoms with E-state index in [9.17, 15) is 13.6 Å². The number of methoxy groups -OCH3 is 1. The monoisotopic (exact) mass is 307 g/mol. The van der Waals surface area contributed by atoms with Gasteiger partial charge in [0.1, 0.15) is 11.5 Å². The number of amides is 1. The second-order valence-corrected chi connectivity index (χ2v) is 4.31. The summed E-state index contributed by atoms with van der Waals surface area (Å²) in [5, 5.41) is 2.53. The van der Waals surface area contributed by atoms with E-state index in [0.717, 1.165) is 0 Å². The van der Waals surface area contributed by atoms with Gasteiger partial charge in [0.15, 0.2) is 0 Å². The standard InChI is InChI=1S/C13H16ClF2NO3/c1-19-9-5-6-11(20-13(15)16)10(8-9)17-12(18)4-2-3-7-14/h5-6,8,13H,2-4,7H2,1H3,(H,17,18). The first kappa shape index (κ1) is 16.5. The van der Waals surface area contributed by atoms with Crippen LogP contribution in [0.5, 0.6) is 11.5 Å². The van der Waals surface area contributed by atoms with E-state index in [-0.39, 0.29) is 23.8 Å². The second-order valence-electron chi connectivity index (χ2n) is 3.93. The quantitative estimate of drug-likeness (QED) is 0.589. The van der Waals surface area contributed by atoms with Gasteiger partial charge < -0.3 is 14.8 Å². The third-order valence-electron chi connectivity index (χ3n) is 2.46. The van der Waals surface area contributed by atoms with Crippen molar-refractivity contribution < 1.29 is 23.0 Å². The Bertz CT molecular complexity index is 444. The summed E-state index contributed by atoms with van der Waals surface area (Å²) in [4.78, 5) is 11.7. The maximum atomic E-state index is 12.3. The van der Waals surface area contributed by atoms with E-state index in [4.69, 9.17) is 16.3 Å². The smallest absolute Gasteiger partial charge is 0.387 e. The maximum absolute atomic E-state index is 12.3. The highest BCUT2D eigenvalue weighted by atomic mass is 35.5. The fraction of sp³-hybridized carbons (Fsp3) is 0.462. The Labute approximate surface area is 121 Å². The first-order valence-corrected chi connectivity index (χ1v) is 6.59. The van der Waals surface area contributed by atoms with Crippen LogP contribution < -0.4 is 14.8 Å². The molecule has 1 aromatic carbocycles. The van der Waals surface area contributed by atoms with Gasteiger partial charge in [-0.05, 0) is 25.0 Å². The van der Waals surface area contributed by atoms with E-state index in [1.165, 1.54) is 25.3 Å². The maximum Gasteiger partial charge on any atom is 0.387 e. The summed E-state index contributed by atoms with van der Waals surface area (Å²) in [5.74, 6) is 0.517. The zero-order valence-electron chi connectivity index (χ0n) is 11.0. The summed E-state index contributed by atoms with van der Waals surface area (Å²) >= 11 is 5.52. The van der Waals surface area contributed by atoms with E-state index < -0.39 is 6.61 Å². The molecule has 0 bridgehead atoms. The minimum atomic E-state index is -2.96. The average molecular weight is 308 g/mol. The molecule has 0 spiro atoms. The van der Waals surface area contributed by atoms with Crippen LogP contribution in [-0.4, -0.2) is 25.5 Å². The number of anilines is 1. The van der Waals surface area contributed by atoms with E-state index >= 15 is 0 Å². The first-order valence-electron chi connectivity index (χ1n) is 6.05. The Balaban J connectivity index is 2.76. The summed E-state index contributed by atoms with van der Waals surface area (Å²) < 4.78 is 33.9. The van der Waals surface area contributed by atoms with Gasteiger partial charge in [-0.2, -0.15) is 8.78 Å². The van der Waals surface area contributed by atoms with Gasteiger partial charge in [0.25, 0.3) is 0 Å². The minimum absolute atomic E-state index is 0.105. The summed E-state index contributed by atoms with van der Waals surface area (Å²) in [5.41, 5.74) is 0.153. The van der Waals surface area contributed by atoms with Crippen molar-refractivity contribution in [1.29, 1.82) is 0 Å². The van der Waals surface area contributed by atoms with Crippen LogP contribution in [0.2, 0.25) is 0 Å². The molecule has 0 atom stereocenters. The highest BCUT2D eigenvalue weighted by Crippen LogP contribution is 2.30. The molecule has 0 saturated heterocycles. The highest BCUT2D eigenvalue weighted by Gasteiger charge is 2.13. The van der Waals surface area contributed by atoms with Crippen LogP contribution >= 0.6 is 11.6 Å². The van der Waals surface area contributed by atoms with Gasteiger partial charge in [-0.3, -0.25) is 4.79 Å².